The highest BCUT2D eigenvalue weighted by molar-refractivity contribution is 6.09. The first kappa shape index (κ1) is 21.9. The molecule has 4 aromatic rings. The first-order chi connectivity index (χ1) is 16.6. The van der Waals surface area contributed by atoms with Crippen molar-refractivity contribution in [2.75, 3.05) is 20.8 Å². The van der Waals surface area contributed by atoms with Crippen LogP contribution in [0, 0.1) is 0 Å². The third-order valence-corrected chi connectivity index (χ3v) is 6.23. The van der Waals surface area contributed by atoms with Crippen molar-refractivity contribution in [3.8, 4) is 22.8 Å². The molecule has 0 N–H and O–H groups in total. The second-order valence-corrected chi connectivity index (χ2v) is 8.45. The fourth-order valence-corrected chi connectivity index (χ4v) is 4.22. The Morgan fingerprint density at radius 2 is 1.82 bits per heavy atom. The van der Waals surface area contributed by atoms with Crippen LogP contribution < -0.4 is 9.47 Å². The van der Waals surface area contributed by atoms with E-state index in [4.69, 9.17) is 19.0 Å². The molecule has 7 nitrogen and oxygen atoms in total. The Morgan fingerprint density at radius 1 is 1.06 bits per heavy atom. The predicted molar refractivity (Wildman–Crippen MR) is 129 cm³/mol. The quantitative estimate of drug-likeness (QED) is 0.350. The van der Waals surface area contributed by atoms with E-state index in [0.29, 0.717) is 52.9 Å². The van der Waals surface area contributed by atoms with Crippen molar-refractivity contribution in [3.05, 3.63) is 71.4 Å². The smallest absolute Gasteiger partial charge is 0.259 e. The van der Waals surface area contributed by atoms with Gasteiger partial charge in [-0.2, -0.15) is 0 Å². The Bertz CT molecular complexity index is 1330. The van der Waals surface area contributed by atoms with Crippen LogP contribution in [0.1, 0.15) is 47.3 Å². The molecule has 1 aliphatic rings. The van der Waals surface area contributed by atoms with Crippen LogP contribution in [0.4, 0.5) is 0 Å². The largest absolute Gasteiger partial charge is 0.493 e. The zero-order valence-corrected chi connectivity index (χ0v) is 19.6. The lowest BCUT2D eigenvalue weighted by molar-refractivity contribution is 0.0754. The summed E-state index contributed by atoms with van der Waals surface area (Å²) >= 11 is 0. The minimum atomic E-state index is -0.0769. The van der Waals surface area contributed by atoms with Gasteiger partial charge >= 0.3 is 0 Å². The number of ether oxygens (including phenoxy) is 2. The summed E-state index contributed by atoms with van der Waals surface area (Å²) in [6.45, 7) is 2.95. The van der Waals surface area contributed by atoms with Gasteiger partial charge in [-0.3, -0.25) is 4.79 Å². The third-order valence-electron chi connectivity index (χ3n) is 6.23. The highest BCUT2D eigenvalue weighted by atomic mass is 16.5. The van der Waals surface area contributed by atoms with E-state index in [1.54, 1.807) is 14.2 Å². The lowest BCUT2D eigenvalue weighted by Crippen LogP contribution is -2.30. The van der Waals surface area contributed by atoms with Crippen molar-refractivity contribution >= 4 is 17.0 Å². The van der Waals surface area contributed by atoms with Crippen molar-refractivity contribution in [2.24, 2.45) is 0 Å². The van der Waals surface area contributed by atoms with Gasteiger partial charge < -0.3 is 18.9 Å². The number of hydrogen-bond donors (Lipinski definition) is 0. The first-order valence-corrected chi connectivity index (χ1v) is 11.5. The van der Waals surface area contributed by atoms with E-state index in [2.05, 4.69) is 5.16 Å². The number of hydrogen-bond acceptors (Lipinski definition) is 6. The molecule has 0 unspecified atom stereocenters. The van der Waals surface area contributed by atoms with Crippen LogP contribution in [0.15, 0.2) is 59.1 Å². The molecular weight excluding hydrogens is 430 g/mol. The minimum Gasteiger partial charge on any atom is -0.493 e. The van der Waals surface area contributed by atoms with Crippen LogP contribution in [0.25, 0.3) is 22.4 Å². The van der Waals surface area contributed by atoms with E-state index in [0.717, 1.165) is 29.7 Å². The number of nitrogens with zero attached hydrogens (tertiary/aromatic N) is 3. The van der Waals surface area contributed by atoms with Gasteiger partial charge in [0.1, 0.15) is 5.69 Å². The number of carbonyl (C=O) groups excluding carboxylic acids is 1. The molecule has 5 rings (SSSR count). The second-order valence-electron chi connectivity index (χ2n) is 8.45. The van der Waals surface area contributed by atoms with Crippen LogP contribution in [0.3, 0.4) is 0 Å². The maximum atomic E-state index is 13.9. The zero-order chi connectivity index (χ0) is 23.7. The SMILES string of the molecule is CCN(Cc1ccc(OC)c(OC)c1)C(=O)c1cc(C2CC2)nc2onc(-c3ccccc3)c12. The summed E-state index contributed by atoms with van der Waals surface area (Å²) in [6, 6.07) is 17.4. The number of carbonyl (C=O) groups is 1. The highest BCUT2D eigenvalue weighted by Crippen LogP contribution is 2.41. The zero-order valence-electron chi connectivity index (χ0n) is 19.6. The maximum Gasteiger partial charge on any atom is 0.259 e. The summed E-state index contributed by atoms with van der Waals surface area (Å²) in [6.07, 6.45) is 2.16. The molecule has 2 aromatic heterocycles. The second kappa shape index (κ2) is 9.17. The van der Waals surface area contributed by atoms with E-state index in [9.17, 15) is 4.79 Å². The van der Waals surface area contributed by atoms with Gasteiger partial charge in [-0.15, -0.1) is 0 Å². The molecule has 0 radical (unpaired) electrons. The Balaban J connectivity index is 1.56. The van der Waals surface area contributed by atoms with E-state index in [1.165, 1.54) is 0 Å². The molecule has 2 heterocycles. The number of methoxy groups -OCH3 is 2. The first-order valence-electron chi connectivity index (χ1n) is 11.5. The van der Waals surface area contributed by atoms with E-state index < -0.39 is 0 Å². The number of fused-ring (bicyclic) bond motifs is 1. The molecule has 34 heavy (non-hydrogen) atoms. The highest BCUT2D eigenvalue weighted by Gasteiger charge is 2.30. The van der Waals surface area contributed by atoms with E-state index in [1.807, 2.05) is 66.4 Å². The number of benzene rings is 2. The van der Waals surface area contributed by atoms with Crippen molar-refractivity contribution < 1.29 is 18.8 Å². The lowest BCUT2D eigenvalue weighted by atomic mass is 10.0. The van der Waals surface area contributed by atoms with Crippen LogP contribution >= 0.6 is 0 Å². The van der Waals surface area contributed by atoms with E-state index >= 15 is 0 Å². The van der Waals surface area contributed by atoms with Crippen molar-refractivity contribution in [3.63, 3.8) is 0 Å². The molecule has 0 aliphatic heterocycles. The van der Waals surface area contributed by atoms with Gasteiger partial charge in [0.25, 0.3) is 11.6 Å². The van der Waals surface area contributed by atoms with Gasteiger partial charge in [0.15, 0.2) is 11.5 Å². The minimum absolute atomic E-state index is 0.0769. The predicted octanol–water partition coefficient (Wildman–Crippen LogP) is 5.45. The molecule has 1 aliphatic carbocycles. The van der Waals surface area contributed by atoms with E-state index in [-0.39, 0.29) is 5.91 Å². The number of pyridine rings is 1. The summed E-state index contributed by atoms with van der Waals surface area (Å²) in [4.78, 5) is 20.4. The molecule has 2 aromatic carbocycles. The molecular formula is C27H27N3O4. The molecule has 1 amide bonds. The average Bonchev–Trinajstić information content (AvgIpc) is 3.65. The van der Waals surface area contributed by atoms with Crippen molar-refractivity contribution in [1.82, 2.24) is 15.0 Å². The van der Waals surface area contributed by atoms with Gasteiger partial charge in [0, 0.05) is 30.3 Å². The normalized spacial score (nSPS) is 13.1. The Kier molecular flexibility index (Phi) is 5.92. The Labute approximate surface area is 198 Å². The van der Waals surface area contributed by atoms with Gasteiger partial charge in [-0.1, -0.05) is 41.6 Å². The number of aromatic nitrogens is 2. The standard InChI is InChI=1S/C27H27N3O4/c1-4-30(16-17-10-13-22(32-2)23(14-17)33-3)27(31)20-15-21(18-11-12-18)28-26-24(20)25(29-34-26)19-8-6-5-7-9-19/h5-10,13-15,18H,4,11-12,16H2,1-3H3. The fraction of sp³-hybridized carbons (Fsp3) is 0.296. The van der Waals surface area contributed by atoms with Gasteiger partial charge in [0.2, 0.25) is 0 Å². The van der Waals surface area contributed by atoms with Crippen molar-refractivity contribution in [2.45, 2.75) is 32.2 Å². The third kappa shape index (κ3) is 4.09. The number of rotatable bonds is 8. The average molecular weight is 458 g/mol. The molecule has 0 bridgehead atoms. The molecule has 1 saturated carbocycles. The topological polar surface area (TPSA) is 77.7 Å². The van der Waals surface area contributed by atoms with Crippen molar-refractivity contribution in [1.29, 1.82) is 0 Å². The summed E-state index contributed by atoms with van der Waals surface area (Å²) in [5.41, 5.74) is 4.36. The van der Waals surface area contributed by atoms with Gasteiger partial charge in [-0.25, -0.2) is 4.98 Å². The van der Waals surface area contributed by atoms with Crippen LogP contribution in [-0.2, 0) is 6.54 Å². The Hall–Kier alpha value is -3.87. The molecule has 7 heteroatoms. The summed E-state index contributed by atoms with van der Waals surface area (Å²) < 4.78 is 16.4. The molecule has 1 fully saturated rings. The summed E-state index contributed by atoms with van der Waals surface area (Å²) in [5.74, 6) is 1.59. The van der Waals surface area contributed by atoms with Crippen LogP contribution in [0.2, 0.25) is 0 Å². The maximum absolute atomic E-state index is 13.9. The van der Waals surface area contributed by atoms with Crippen LogP contribution in [-0.4, -0.2) is 41.7 Å². The molecule has 0 atom stereocenters. The lowest BCUT2D eigenvalue weighted by Gasteiger charge is -2.22. The molecule has 0 saturated heterocycles. The Morgan fingerprint density at radius 3 is 2.50 bits per heavy atom. The molecule has 0 spiro atoms. The number of amides is 1. The van der Waals surface area contributed by atoms with Gasteiger partial charge in [0.05, 0.1) is 25.2 Å². The van der Waals surface area contributed by atoms with Crippen LogP contribution in [0.5, 0.6) is 11.5 Å². The fourth-order valence-electron chi connectivity index (χ4n) is 4.22. The summed E-state index contributed by atoms with van der Waals surface area (Å²) in [5, 5.41) is 4.96. The summed E-state index contributed by atoms with van der Waals surface area (Å²) in [7, 11) is 3.21. The van der Waals surface area contributed by atoms with Gasteiger partial charge in [-0.05, 0) is 43.5 Å². The monoisotopic (exact) mass is 457 g/mol. The molecule has 174 valence electrons.